The monoisotopic (exact) mass is 197 g/mol. The zero-order valence-electron chi connectivity index (χ0n) is 9.51. The maximum atomic E-state index is 11.9. The summed E-state index contributed by atoms with van der Waals surface area (Å²) in [4.78, 5) is 11.9. The predicted molar refractivity (Wildman–Crippen MR) is 59.3 cm³/mol. The molecule has 0 saturated carbocycles. The van der Waals surface area contributed by atoms with Crippen molar-refractivity contribution in [2.45, 2.75) is 46.0 Å². The van der Waals surface area contributed by atoms with Crippen molar-refractivity contribution in [3.05, 3.63) is 0 Å². The molecular formula is C12H23NO. The highest BCUT2D eigenvalue weighted by Gasteiger charge is 2.21. The van der Waals surface area contributed by atoms with E-state index in [0.717, 1.165) is 32.4 Å². The quantitative estimate of drug-likeness (QED) is 0.733. The van der Waals surface area contributed by atoms with Gasteiger partial charge in [-0.25, -0.2) is 0 Å². The first-order valence-corrected chi connectivity index (χ1v) is 5.97. The van der Waals surface area contributed by atoms with E-state index in [9.17, 15) is 4.79 Å². The summed E-state index contributed by atoms with van der Waals surface area (Å²) in [5.41, 5.74) is 0. The number of rotatable bonds is 5. The molecule has 1 N–H and O–H groups in total. The Morgan fingerprint density at radius 2 is 2.07 bits per heavy atom. The van der Waals surface area contributed by atoms with Crippen molar-refractivity contribution in [2.24, 2.45) is 11.8 Å². The SMILES string of the molecule is CCCC(C)CC(=O)C1CCNCC1. The average Bonchev–Trinajstić information content (AvgIpc) is 2.19. The Morgan fingerprint density at radius 1 is 1.43 bits per heavy atom. The van der Waals surface area contributed by atoms with Crippen LogP contribution in [0.1, 0.15) is 46.0 Å². The van der Waals surface area contributed by atoms with Gasteiger partial charge >= 0.3 is 0 Å². The van der Waals surface area contributed by atoms with Gasteiger partial charge in [0.05, 0.1) is 0 Å². The number of Topliss-reactive ketones (excluding diaryl/α,β-unsaturated/α-hetero) is 1. The molecule has 82 valence electrons. The Kier molecular flexibility index (Phi) is 5.16. The maximum absolute atomic E-state index is 11.9. The van der Waals surface area contributed by atoms with Gasteiger partial charge in [-0.2, -0.15) is 0 Å². The van der Waals surface area contributed by atoms with E-state index in [1.165, 1.54) is 12.8 Å². The van der Waals surface area contributed by atoms with Crippen LogP contribution in [0.25, 0.3) is 0 Å². The van der Waals surface area contributed by atoms with Crippen LogP contribution >= 0.6 is 0 Å². The molecule has 1 atom stereocenters. The largest absolute Gasteiger partial charge is 0.317 e. The molecule has 0 aromatic heterocycles. The molecule has 0 bridgehead atoms. The molecule has 2 heteroatoms. The molecule has 0 radical (unpaired) electrons. The molecule has 0 spiro atoms. The highest BCUT2D eigenvalue weighted by molar-refractivity contribution is 5.81. The van der Waals surface area contributed by atoms with E-state index in [0.29, 0.717) is 17.6 Å². The van der Waals surface area contributed by atoms with Crippen LogP contribution in [0.4, 0.5) is 0 Å². The number of hydrogen-bond donors (Lipinski definition) is 1. The van der Waals surface area contributed by atoms with Crippen molar-refractivity contribution < 1.29 is 4.79 Å². The van der Waals surface area contributed by atoms with E-state index in [2.05, 4.69) is 19.2 Å². The fourth-order valence-electron chi connectivity index (χ4n) is 2.25. The zero-order valence-corrected chi connectivity index (χ0v) is 9.51. The third-order valence-electron chi connectivity index (χ3n) is 3.13. The second-order valence-electron chi connectivity index (χ2n) is 4.59. The van der Waals surface area contributed by atoms with E-state index in [1.54, 1.807) is 0 Å². The predicted octanol–water partition coefficient (Wildman–Crippen LogP) is 2.38. The molecule has 0 aliphatic carbocycles. The van der Waals surface area contributed by atoms with Gasteiger partial charge < -0.3 is 5.32 Å². The smallest absolute Gasteiger partial charge is 0.136 e. The van der Waals surface area contributed by atoms with Gasteiger partial charge in [-0.15, -0.1) is 0 Å². The molecule has 1 aliphatic heterocycles. The van der Waals surface area contributed by atoms with Crippen LogP contribution in [0.15, 0.2) is 0 Å². The first kappa shape index (κ1) is 11.7. The minimum Gasteiger partial charge on any atom is -0.317 e. The molecule has 2 nitrogen and oxygen atoms in total. The van der Waals surface area contributed by atoms with E-state index in [4.69, 9.17) is 0 Å². The zero-order chi connectivity index (χ0) is 10.4. The van der Waals surface area contributed by atoms with E-state index in [1.807, 2.05) is 0 Å². The number of carbonyl (C=O) groups excluding carboxylic acids is 1. The molecule has 14 heavy (non-hydrogen) atoms. The molecule has 1 heterocycles. The van der Waals surface area contributed by atoms with Gasteiger partial charge in [0.15, 0.2) is 0 Å². The maximum Gasteiger partial charge on any atom is 0.136 e. The third kappa shape index (κ3) is 3.79. The molecule has 0 amide bonds. The normalized spacial score (nSPS) is 20.7. The summed E-state index contributed by atoms with van der Waals surface area (Å²) in [5, 5.41) is 3.30. The number of carbonyl (C=O) groups is 1. The van der Waals surface area contributed by atoms with Crippen LogP contribution in [0.3, 0.4) is 0 Å². The van der Waals surface area contributed by atoms with Gasteiger partial charge in [-0.05, 0) is 31.8 Å². The molecule has 1 unspecified atom stereocenters. The van der Waals surface area contributed by atoms with Crippen molar-refractivity contribution in [1.29, 1.82) is 0 Å². The summed E-state index contributed by atoms with van der Waals surface area (Å²) >= 11 is 0. The summed E-state index contributed by atoms with van der Waals surface area (Å²) < 4.78 is 0. The lowest BCUT2D eigenvalue weighted by Crippen LogP contribution is -2.32. The van der Waals surface area contributed by atoms with Crippen molar-refractivity contribution in [2.75, 3.05) is 13.1 Å². The minimum atomic E-state index is 0.357. The van der Waals surface area contributed by atoms with Gasteiger partial charge in [-0.3, -0.25) is 4.79 Å². The summed E-state index contributed by atoms with van der Waals surface area (Å²) in [6, 6.07) is 0. The summed E-state index contributed by atoms with van der Waals surface area (Å²) in [7, 11) is 0. The van der Waals surface area contributed by atoms with Gasteiger partial charge in [0.25, 0.3) is 0 Å². The van der Waals surface area contributed by atoms with Crippen LogP contribution in [-0.2, 0) is 4.79 Å². The molecular weight excluding hydrogens is 174 g/mol. The van der Waals surface area contributed by atoms with Crippen LogP contribution in [0, 0.1) is 11.8 Å². The van der Waals surface area contributed by atoms with Crippen molar-refractivity contribution in [3.8, 4) is 0 Å². The lowest BCUT2D eigenvalue weighted by atomic mass is 9.87. The van der Waals surface area contributed by atoms with Crippen LogP contribution in [-0.4, -0.2) is 18.9 Å². The fourth-order valence-corrected chi connectivity index (χ4v) is 2.25. The topological polar surface area (TPSA) is 29.1 Å². The van der Waals surface area contributed by atoms with Crippen LogP contribution < -0.4 is 5.32 Å². The highest BCUT2D eigenvalue weighted by Crippen LogP contribution is 2.19. The average molecular weight is 197 g/mol. The van der Waals surface area contributed by atoms with E-state index in [-0.39, 0.29) is 0 Å². The Labute approximate surface area is 87.5 Å². The highest BCUT2D eigenvalue weighted by atomic mass is 16.1. The lowest BCUT2D eigenvalue weighted by molar-refractivity contribution is -0.124. The molecule has 1 saturated heterocycles. The van der Waals surface area contributed by atoms with Crippen LogP contribution in [0.2, 0.25) is 0 Å². The molecule has 1 aliphatic rings. The van der Waals surface area contributed by atoms with Crippen LogP contribution in [0.5, 0.6) is 0 Å². The first-order chi connectivity index (χ1) is 6.74. The summed E-state index contributed by atoms with van der Waals surface area (Å²) in [6.07, 6.45) is 5.30. The van der Waals surface area contributed by atoms with Gasteiger partial charge in [-0.1, -0.05) is 26.7 Å². The van der Waals surface area contributed by atoms with E-state index < -0.39 is 0 Å². The van der Waals surface area contributed by atoms with Crippen molar-refractivity contribution >= 4 is 5.78 Å². The van der Waals surface area contributed by atoms with Crippen molar-refractivity contribution in [1.82, 2.24) is 5.32 Å². The summed E-state index contributed by atoms with van der Waals surface area (Å²) in [6.45, 7) is 6.44. The minimum absolute atomic E-state index is 0.357. The van der Waals surface area contributed by atoms with Gasteiger partial charge in [0.2, 0.25) is 0 Å². The number of hydrogen-bond acceptors (Lipinski definition) is 2. The fraction of sp³-hybridized carbons (Fsp3) is 0.917. The van der Waals surface area contributed by atoms with E-state index >= 15 is 0 Å². The number of nitrogens with one attached hydrogen (secondary N) is 1. The van der Waals surface area contributed by atoms with Gasteiger partial charge in [0.1, 0.15) is 5.78 Å². The first-order valence-electron chi connectivity index (χ1n) is 5.97. The third-order valence-corrected chi connectivity index (χ3v) is 3.13. The summed E-state index contributed by atoms with van der Waals surface area (Å²) in [5.74, 6) is 1.45. The van der Waals surface area contributed by atoms with Gasteiger partial charge in [0, 0.05) is 12.3 Å². The molecule has 0 aromatic rings. The molecule has 1 fully saturated rings. The standard InChI is InChI=1S/C12H23NO/c1-3-4-10(2)9-12(14)11-5-7-13-8-6-11/h10-11,13H,3-9H2,1-2H3. The molecule has 1 rings (SSSR count). The Balaban J connectivity index is 2.25. The molecule has 0 aromatic carbocycles. The Morgan fingerprint density at radius 3 is 2.64 bits per heavy atom. The number of ketones is 1. The number of piperidine rings is 1. The van der Waals surface area contributed by atoms with Crippen molar-refractivity contribution in [3.63, 3.8) is 0 Å². The Hall–Kier alpha value is -0.370. The Bertz CT molecular complexity index is 173. The second-order valence-corrected chi connectivity index (χ2v) is 4.59. The lowest BCUT2D eigenvalue weighted by Gasteiger charge is -2.22. The second kappa shape index (κ2) is 6.18.